The molecule has 0 spiro atoms. The number of nitrogens with zero attached hydrogens (tertiary/aromatic N) is 3. The van der Waals surface area contributed by atoms with Crippen molar-refractivity contribution in [3.8, 4) is 22.8 Å². The molecule has 5 heteroatoms. The van der Waals surface area contributed by atoms with Crippen LogP contribution >= 0.6 is 0 Å². The molecule has 0 aliphatic heterocycles. The third-order valence-electron chi connectivity index (χ3n) is 2.49. The molecule has 2 heterocycles. The van der Waals surface area contributed by atoms with E-state index in [2.05, 4.69) is 15.1 Å². The van der Waals surface area contributed by atoms with Crippen molar-refractivity contribution in [2.75, 3.05) is 5.73 Å². The second-order valence-electron chi connectivity index (χ2n) is 3.76. The zero-order valence-electron chi connectivity index (χ0n) is 9.45. The Morgan fingerprint density at radius 3 is 2.50 bits per heavy atom. The van der Waals surface area contributed by atoms with Gasteiger partial charge in [0.05, 0.1) is 5.56 Å². The van der Waals surface area contributed by atoms with Gasteiger partial charge in [-0.25, -0.2) is 4.98 Å². The molecule has 18 heavy (non-hydrogen) atoms. The monoisotopic (exact) mass is 238 g/mol. The maximum Gasteiger partial charge on any atom is 0.259 e. The Bertz CT molecular complexity index is 646. The van der Waals surface area contributed by atoms with Gasteiger partial charge in [-0.15, -0.1) is 0 Å². The zero-order chi connectivity index (χ0) is 12.4. The van der Waals surface area contributed by atoms with Crippen molar-refractivity contribution >= 4 is 5.82 Å². The van der Waals surface area contributed by atoms with Crippen LogP contribution in [0, 0.1) is 0 Å². The molecule has 3 aromatic rings. The van der Waals surface area contributed by atoms with Crippen LogP contribution in [0.5, 0.6) is 0 Å². The minimum Gasteiger partial charge on any atom is -0.384 e. The summed E-state index contributed by atoms with van der Waals surface area (Å²) >= 11 is 0. The van der Waals surface area contributed by atoms with Gasteiger partial charge in [-0.05, 0) is 12.1 Å². The molecule has 2 N–H and O–H groups in total. The van der Waals surface area contributed by atoms with E-state index in [0.29, 0.717) is 17.5 Å². The van der Waals surface area contributed by atoms with Gasteiger partial charge in [0.2, 0.25) is 5.82 Å². The van der Waals surface area contributed by atoms with Crippen molar-refractivity contribution in [3.05, 3.63) is 48.7 Å². The SMILES string of the molecule is Nc1ccc(-c2nc(-c3ccccc3)no2)cn1. The number of benzene rings is 1. The van der Waals surface area contributed by atoms with E-state index < -0.39 is 0 Å². The first-order valence-electron chi connectivity index (χ1n) is 5.44. The van der Waals surface area contributed by atoms with Crippen molar-refractivity contribution in [1.29, 1.82) is 0 Å². The van der Waals surface area contributed by atoms with E-state index in [1.165, 1.54) is 0 Å². The topological polar surface area (TPSA) is 77.8 Å². The molecule has 0 aliphatic carbocycles. The highest BCUT2D eigenvalue weighted by Gasteiger charge is 2.10. The molecular weight excluding hydrogens is 228 g/mol. The Kier molecular flexibility index (Phi) is 2.49. The molecule has 5 nitrogen and oxygen atoms in total. The molecule has 0 saturated carbocycles. The van der Waals surface area contributed by atoms with Crippen molar-refractivity contribution in [1.82, 2.24) is 15.1 Å². The number of pyridine rings is 1. The van der Waals surface area contributed by atoms with Gasteiger partial charge in [-0.3, -0.25) is 0 Å². The van der Waals surface area contributed by atoms with Gasteiger partial charge in [-0.2, -0.15) is 4.98 Å². The lowest BCUT2D eigenvalue weighted by Gasteiger charge is -1.93. The average Bonchev–Trinajstić information content (AvgIpc) is 2.90. The van der Waals surface area contributed by atoms with Crippen LogP contribution in [-0.2, 0) is 0 Å². The summed E-state index contributed by atoms with van der Waals surface area (Å²) in [5.74, 6) is 1.45. The molecule has 0 fully saturated rings. The molecule has 0 saturated heterocycles. The van der Waals surface area contributed by atoms with Crippen LogP contribution in [0.4, 0.5) is 5.82 Å². The quantitative estimate of drug-likeness (QED) is 0.741. The van der Waals surface area contributed by atoms with E-state index in [1.807, 2.05) is 30.3 Å². The molecule has 3 rings (SSSR count). The van der Waals surface area contributed by atoms with Crippen molar-refractivity contribution in [3.63, 3.8) is 0 Å². The van der Waals surface area contributed by atoms with Crippen LogP contribution in [-0.4, -0.2) is 15.1 Å². The fourth-order valence-electron chi connectivity index (χ4n) is 1.58. The molecule has 0 bridgehead atoms. The second-order valence-corrected chi connectivity index (χ2v) is 3.76. The van der Waals surface area contributed by atoms with Crippen LogP contribution < -0.4 is 5.73 Å². The van der Waals surface area contributed by atoms with Crippen LogP contribution in [0.2, 0.25) is 0 Å². The van der Waals surface area contributed by atoms with E-state index in [9.17, 15) is 0 Å². The number of nitrogen functional groups attached to an aromatic ring is 1. The third-order valence-corrected chi connectivity index (χ3v) is 2.49. The van der Waals surface area contributed by atoms with Gasteiger partial charge in [0.1, 0.15) is 5.82 Å². The Balaban J connectivity index is 1.97. The van der Waals surface area contributed by atoms with E-state index in [-0.39, 0.29) is 0 Å². The molecule has 0 amide bonds. The predicted molar refractivity (Wildman–Crippen MR) is 67.4 cm³/mol. The summed E-state index contributed by atoms with van der Waals surface area (Å²) in [6, 6.07) is 13.1. The number of hydrogen-bond donors (Lipinski definition) is 1. The summed E-state index contributed by atoms with van der Waals surface area (Å²) in [7, 11) is 0. The normalized spacial score (nSPS) is 10.4. The minimum atomic E-state index is 0.432. The van der Waals surface area contributed by atoms with Gasteiger partial charge in [0.15, 0.2) is 0 Å². The number of anilines is 1. The van der Waals surface area contributed by atoms with Gasteiger partial charge in [-0.1, -0.05) is 35.5 Å². The summed E-state index contributed by atoms with van der Waals surface area (Å²) < 4.78 is 5.20. The van der Waals surface area contributed by atoms with E-state index in [4.69, 9.17) is 10.3 Å². The molecule has 0 radical (unpaired) electrons. The number of nitrogens with two attached hydrogens (primary N) is 1. The van der Waals surface area contributed by atoms with Crippen LogP contribution in [0.1, 0.15) is 0 Å². The van der Waals surface area contributed by atoms with Crippen LogP contribution in [0.3, 0.4) is 0 Å². The fourth-order valence-corrected chi connectivity index (χ4v) is 1.58. The Hall–Kier alpha value is -2.69. The maximum absolute atomic E-state index is 5.52. The van der Waals surface area contributed by atoms with E-state index in [1.54, 1.807) is 18.3 Å². The largest absolute Gasteiger partial charge is 0.384 e. The first-order chi connectivity index (χ1) is 8.83. The van der Waals surface area contributed by atoms with Crippen LogP contribution in [0.25, 0.3) is 22.8 Å². The maximum atomic E-state index is 5.52. The first kappa shape index (κ1) is 10.5. The molecule has 2 aromatic heterocycles. The number of hydrogen-bond acceptors (Lipinski definition) is 5. The zero-order valence-corrected chi connectivity index (χ0v) is 9.45. The summed E-state index contributed by atoms with van der Waals surface area (Å²) in [5, 5.41) is 3.94. The van der Waals surface area contributed by atoms with Crippen molar-refractivity contribution in [2.45, 2.75) is 0 Å². The number of aromatic nitrogens is 3. The lowest BCUT2D eigenvalue weighted by molar-refractivity contribution is 0.432. The first-order valence-corrected chi connectivity index (χ1v) is 5.44. The van der Waals surface area contributed by atoms with E-state index >= 15 is 0 Å². The van der Waals surface area contributed by atoms with Crippen LogP contribution in [0.15, 0.2) is 53.2 Å². The minimum absolute atomic E-state index is 0.432. The Morgan fingerprint density at radius 2 is 1.78 bits per heavy atom. The van der Waals surface area contributed by atoms with Gasteiger partial charge < -0.3 is 10.3 Å². The summed E-state index contributed by atoms with van der Waals surface area (Å²) in [6.07, 6.45) is 1.61. The third kappa shape index (κ3) is 1.93. The van der Waals surface area contributed by atoms with Gasteiger partial charge in [0.25, 0.3) is 5.89 Å². The highest BCUT2D eigenvalue weighted by molar-refractivity contribution is 5.59. The lowest BCUT2D eigenvalue weighted by atomic mass is 10.2. The van der Waals surface area contributed by atoms with Crippen molar-refractivity contribution in [2.24, 2.45) is 0 Å². The predicted octanol–water partition coefficient (Wildman–Crippen LogP) is 2.38. The van der Waals surface area contributed by atoms with Gasteiger partial charge >= 0.3 is 0 Å². The Morgan fingerprint density at radius 1 is 0.944 bits per heavy atom. The highest BCUT2D eigenvalue weighted by Crippen LogP contribution is 2.21. The van der Waals surface area contributed by atoms with Gasteiger partial charge in [0, 0.05) is 11.8 Å². The molecule has 0 unspecified atom stereocenters. The summed E-state index contributed by atoms with van der Waals surface area (Å²) in [6.45, 7) is 0. The molecular formula is C13H10N4O. The van der Waals surface area contributed by atoms with E-state index in [0.717, 1.165) is 11.1 Å². The molecule has 0 atom stereocenters. The Labute approximate surface area is 103 Å². The second kappa shape index (κ2) is 4.29. The lowest BCUT2D eigenvalue weighted by Crippen LogP contribution is -1.89. The summed E-state index contributed by atoms with van der Waals surface area (Å²) in [4.78, 5) is 8.31. The molecule has 1 aromatic carbocycles. The molecule has 88 valence electrons. The smallest absolute Gasteiger partial charge is 0.259 e. The fraction of sp³-hybridized carbons (Fsp3) is 0. The van der Waals surface area contributed by atoms with Crippen molar-refractivity contribution < 1.29 is 4.52 Å². The average molecular weight is 238 g/mol. The highest BCUT2D eigenvalue weighted by atomic mass is 16.5. The standard InChI is InChI=1S/C13H10N4O/c14-11-7-6-10(8-15-11)13-16-12(17-18-13)9-4-2-1-3-5-9/h1-8H,(H2,14,15). The molecule has 0 aliphatic rings. The number of rotatable bonds is 2. The summed E-state index contributed by atoms with van der Waals surface area (Å²) in [5.41, 5.74) is 7.19.